The van der Waals surface area contributed by atoms with E-state index in [1.165, 1.54) is 0 Å². The molecule has 0 saturated carbocycles. The summed E-state index contributed by atoms with van der Waals surface area (Å²) < 4.78 is 17.2. The molecule has 2 atom stereocenters. The van der Waals surface area contributed by atoms with E-state index in [0.29, 0.717) is 39.3 Å². The number of amides is 2. The molecule has 7 nitrogen and oxygen atoms in total. The van der Waals surface area contributed by atoms with Crippen molar-refractivity contribution in [3.63, 3.8) is 0 Å². The van der Waals surface area contributed by atoms with Crippen molar-refractivity contribution in [3.05, 3.63) is 65.7 Å². The van der Waals surface area contributed by atoms with Gasteiger partial charge < -0.3 is 24.0 Å². The molecule has 0 unspecified atom stereocenters. The summed E-state index contributed by atoms with van der Waals surface area (Å²) in [4.78, 5) is 28.9. The molecule has 2 aromatic rings. The lowest BCUT2D eigenvalue weighted by Gasteiger charge is -2.28. The number of esters is 1. The van der Waals surface area contributed by atoms with Gasteiger partial charge in [-0.25, -0.2) is 9.59 Å². The second kappa shape index (κ2) is 13.3. The number of urea groups is 1. The summed E-state index contributed by atoms with van der Waals surface area (Å²) in [6, 6.07) is 18.0. The van der Waals surface area contributed by atoms with Crippen molar-refractivity contribution < 1.29 is 23.8 Å². The van der Waals surface area contributed by atoms with Crippen LogP contribution >= 0.6 is 0 Å². The molecular weight excluding hydrogens is 456 g/mol. The molecule has 36 heavy (non-hydrogen) atoms. The first-order valence-electron chi connectivity index (χ1n) is 12.9. The quantitative estimate of drug-likeness (QED) is 0.270. The highest BCUT2D eigenvalue weighted by atomic mass is 16.6. The number of hydrogen-bond acceptors (Lipinski definition) is 5. The number of rotatable bonds is 14. The maximum atomic E-state index is 12.6. The Hall–Kier alpha value is -3.06. The number of carbonyl (C=O) groups is 2. The molecule has 0 radical (unpaired) electrons. The molecule has 2 amide bonds. The minimum atomic E-state index is -1.02. The topological polar surface area (TPSA) is 68.3 Å². The Morgan fingerprint density at radius 3 is 2.42 bits per heavy atom. The van der Waals surface area contributed by atoms with E-state index in [1.807, 2.05) is 71.4 Å². The van der Waals surface area contributed by atoms with Crippen LogP contribution in [-0.4, -0.2) is 66.9 Å². The second-order valence-corrected chi connectivity index (χ2v) is 9.52. The summed E-state index contributed by atoms with van der Waals surface area (Å²) in [5.41, 5.74) is 1.09. The highest BCUT2D eigenvalue weighted by Gasteiger charge is 2.36. The lowest BCUT2D eigenvalue weighted by atomic mass is 9.96. The van der Waals surface area contributed by atoms with E-state index in [0.717, 1.165) is 36.1 Å². The summed E-state index contributed by atoms with van der Waals surface area (Å²) >= 11 is 0. The predicted octanol–water partition coefficient (Wildman–Crippen LogP) is 5.07. The zero-order chi connectivity index (χ0) is 26.0. The summed E-state index contributed by atoms with van der Waals surface area (Å²) in [6.45, 7) is 8.36. The fraction of sp³-hybridized carbons (Fsp3) is 0.517. The fourth-order valence-electron chi connectivity index (χ4n) is 4.37. The van der Waals surface area contributed by atoms with Crippen molar-refractivity contribution >= 4 is 12.0 Å². The van der Waals surface area contributed by atoms with Gasteiger partial charge in [0.05, 0.1) is 19.3 Å². The lowest BCUT2D eigenvalue weighted by molar-refractivity contribution is -0.170. The molecule has 2 aromatic carbocycles. The van der Waals surface area contributed by atoms with Gasteiger partial charge in [0.15, 0.2) is 5.60 Å². The first-order chi connectivity index (χ1) is 17.4. The molecule has 0 spiro atoms. The van der Waals surface area contributed by atoms with Crippen LogP contribution in [-0.2, 0) is 27.2 Å². The van der Waals surface area contributed by atoms with E-state index < -0.39 is 5.60 Å². The van der Waals surface area contributed by atoms with Gasteiger partial charge in [-0.1, -0.05) is 55.8 Å². The SMILES string of the molecule is CCCCO[C@@](C)(Cc1ccc(OCC[C@@H]2CN(Cc3ccccc3)C(=O)N2C)cc1)C(=O)OCC. The second-order valence-electron chi connectivity index (χ2n) is 9.52. The predicted molar refractivity (Wildman–Crippen MR) is 140 cm³/mol. The number of ether oxygens (including phenoxy) is 3. The molecule has 0 N–H and O–H groups in total. The zero-order valence-corrected chi connectivity index (χ0v) is 22.1. The number of nitrogens with zero attached hydrogens (tertiary/aromatic N) is 2. The van der Waals surface area contributed by atoms with Crippen molar-refractivity contribution in [2.75, 3.05) is 33.4 Å². The Balaban J connectivity index is 1.50. The number of benzene rings is 2. The maximum absolute atomic E-state index is 12.6. The van der Waals surface area contributed by atoms with E-state index in [2.05, 4.69) is 6.92 Å². The van der Waals surface area contributed by atoms with E-state index in [4.69, 9.17) is 14.2 Å². The minimum Gasteiger partial charge on any atom is -0.494 e. The zero-order valence-electron chi connectivity index (χ0n) is 22.1. The monoisotopic (exact) mass is 496 g/mol. The van der Waals surface area contributed by atoms with Gasteiger partial charge in [-0.15, -0.1) is 0 Å². The van der Waals surface area contributed by atoms with Crippen LogP contribution in [0.3, 0.4) is 0 Å². The van der Waals surface area contributed by atoms with Gasteiger partial charge in [-0.3, -0.25) is 0 Å². The van der Waals surface area contributed by atoms with Crippen LogP contribution in [0.25, 0.3) is 0 Å². The van der Waals surface area contributed by atoms with Crippen molar-refractivity contribution in [2.24, 2.45) is 0 Å². The van der Waals surface area contributed by atoms with Crippen molar-refractivity contribution in [1.82, 2.24) is 9.80 Å². The highest BCUT2D eigenvalue weighted by Crippen LogP contribution is 2.24. The third kappa shape index (κ3) is 7.47. The molecular formula is C29H40N2O5. The fourth-order valence-corrected chi connectivity index (χ4v) is 4.37. The smallest absolute Gasteiger partial charge is 0.338 e. The maximum Gasteiger partial charge on any atom is 0.338 e. The normalized spacial score (nSPS) is 17.2. The van der Waals surface area contributed by atoms with Crippen LogP contribution < -0.4 is 4.74 Å². The van der Waals surface area contributed by atoms with Crippen LogP contribution in [0.5, 0.6) is 5.75 Å². The molecule has 1 aliphatic heterocycles. The summed E-state index contributed by atoms with van der Waals surface area (Å²) in [5, 5.41) is 0. The van der Waals surface area contributed by atoms with Crippen LogP contribution in [0.4, 0.5) is 4.79 Å². The van der Waals surface area contributed by atoms with Crippen LogP contribution in [0.1, 0.15) is 51.2 Å². The average Bonchev–Trinajstić information content (AvgIpc) is 3.14. The third-order valence-corrected chi connectivity index (χ3v) is 6.58. The third-order valence-electron chi connectivity index (χ3n) is 6.58. The molecule has 3 rings (SSSR count). The Bertz CT molecular complexity index is 965. The van der Waals surface area contributed by atoms with Gasteiger partial charge >= 0.3 is 12.0 Å². The number of hydrogen-bond donors (Lipinski definition) is 0. The van der Waals surface area contributed by atoms with Gasteiger partial charge in [0.25, 0.3) is 0 Å². The van der Waals surface area contributed by atoms with Gasteiger partial charge in [-0.2, -0.15) is 0 Å². The van der Waals surface area contributed by atoms with Crippen LogP contribution in [0.15, 0.2) is 54.6 Å². The summed E-state index contributed by atoms with van der Waals surface area (Å²) in [6.07, 6.45) is 3.08. The highest BCUT2D eigenvalue weighted by molar-refractivity contribution is 5.79. The largest absolute Gasteiger partial charge is 0.494 e. The van der Waals surface area contributed by atoms with E-state index in [9.17, 15) is 9.59 Å². The molecule has 1 saturated heterocycles. The molecule has 0 aliphatic carbocycles. The van der Waals surface area contributed by atoms with Crippen LogP contribution in [0.2, 0.25) is 0 Å². The standard InChI is InChI=1S/C29H40N2O5/c1-5-7-18-36-29(3,27(32)34-6-2)20-23-13-15-26(16-14-23)35-19-17-25-22-31(28(33)30(25)4)21-24-11-9-8-10-12-24/h8-16,25H,5-7,17-22H2,1-4H3/t25-,29+/m1/s1. The Kier molecular flexibility index (Phi) is 10.2. The molecule has 1 heterocycles. The first kappa shape index (κ1) is 27.5. The van der Waals surface area contributed by atoms with Gasteiger partial charge in [0, 0.05) is 39.6 Å². The Morgan fingerprint density at radius 2 is 1.75 bits per heavy atom. The van der Waals surface area contributed by atoms with Gasteiger partial charge in [0.1, 0.15) is 5.75 Å². The van der Waals surface area contributed by atoms with E-state index in [1.54, 1.807) is 13.8 Å². The minimum absolute atomic E-state index is 0.0546. The summed E-state index contributed by atoms with van der Waals surface area (Å²) in [7, 11) is 1.86. The van der Waals surface area contributed by atoms with Gasteiger partial charge in [0.2, 0.25) is 0 Å². The van der Waals surface area contributed by atoms with Gasteiger partial charge in [-0.05, 0) is 43.5 Å². The number of likely N-dealkylation sites (N-methyl/N-ethyl adjacent to an activating group) is 1. The number of unbranched alkanes of at least 4 members (excludes halogenated alkanes) is 1. The molecule has 0 aromatic heterocycles. The van der Waals surface area contributed by atoms with Crippen LogP contribution in [0, 0.1) is 0 Å². The summed E-state index contributed by atoms with van der Waals surface area (Å²) in [5.74, 6) is 0.426. The van der Waals surface area contributed by atoms with Crippen molar-refractivity contribution in [1.29, 1.82) is 0 Å². The first-order valence-corrected chi connectivity index (χ1v) is 12.9. The number of carbonyl (C=O) groups excluding carboxylic acids is 2. The van der Waals surface area contributed by atoms with E-state index in [-0.39, 0.29) is 18.0 Å². The molecule has 7 heteroatoms. The van der Waals surface area contributed by atoms with Crippen molar-refractivity contribution in [2.45, 2.75) is 64.6 Å². The Labute approximate surface area is 215 Å². The average molecular weight is 497 g/mol. The molecule has 1 aliphatic rings. The van der Waals surface area contributed by atoms with Crippen molar-refractivity contribution in [3.8, 4) is 5.75 Å². The Morgan fingerprint density at radius 1 is 1.03 bits per heavy atom. The van der Waals surface area contributed by atoms with E-state index >= 15 is 0 Å². The molecule has 0 bridgehead atoms. The molecule has 1 fully saturated rings. The molecule has 196 valence electrons. The lowest BCUT2D eigenvalue weighted by Crippen LogP contribution is -2.42.